The summed E-state index contributed by atoms with van der Waals surface area (Å²) in [5, 5.41) is 9.92. The molecule has 0 saturated heterocycles. The fourth-order valence-corrected chi connectivity index (χ4v) is 1.46. The summed E-state index contributed by atoms with van der Waals surface area (Å²) < 4.78 is 0. The smallest absolute Gasteiger partial charge is 0.0793 e. The average molecular weight is 193 g/mol. The van der Waals surface area contributed by atoms with E-state index in [1.807, 2.05) is 19.1 Å². The highest BCUT2D eigenvalue weighted by atomic mass is 16.3. The first-order chi connectivity index (χ1) is 6.63. The molecule has 0 aliphatic carbocycles. The molecule has 0 fully saturated rings. The van der Waals surface area contributed by atoms with Gasteiger partial charge >= 0.3 is 0 Å². The van der Waals surface area contributed by atoms with Crippen molar-refractivity contribution in [1.29, 1.82) is 0 Å². The van der Waals surface area contributed by atoms with Crippen LogP contribution in [0.15, 0.2) is 18.3 Å². The van der Waals surface area contributed by atoms with Gasteiger partial charge in [-0.05, 0) is 37.0 Å². The van der Waals surface area contributed by atoms with Crippen LogP contribution >= 0.6 is 0 Å². The standard InChI is InChI=1S/C12H19NO/c1-4-9(2)7-12(14)11-5-6-13-10(3)8-11/h5-6,8-9,12,14H,4,7H2,1-3H3. The molecule has 0 radical (unpaired) electrons. The van der Waals surface area contributed by atoms with Crippen molar-refractivity contribution in [2.45, 2.75) is 39.7 Å². The highest BCUT2D eigenvalue weighted by Gasteiger charge is 2.11. The molecule has 1 aromatic rings. The van der Waals surface area contributed by atoms with Crippen molar-refractivity contribution < 1.29 is 5.11 Å². The summed E-state index contributed by atoms with van der Waals surface area (Å²) in [5.41, 5.74) is 1.95. The molecule has 0 saturated carbocycles. The normalized spacial score (nSPS) is 15.1. The summed E-state index contributed by atoms with van der Waals surface area (Å²) in [6.45, 7) is 6.26. The minimum atomic E-state index is -0.341. The molecule has 2 unspecified atom stereocenters. The molecule has 0 aromatic carbocycles. The summed E-state index contributed by atoms with van der Waals surface area (Å²) in [7, 11) is 0. The second-order valence-electron chi connectivity index (χ2n) is 4.00. The third-order valence-corrected chi connectivity index (χ3v) is 2.63. The van der Waals surface area contributed by atoms with Gasteiger partial charge in [0.1, 0.15) is 0 Å². The first-order valence-electron chi connectivity index (χ1n) is 5.24. The lowest BCUT2D eigenvalue weighted by Gasteiger charge is -2.15. The van der Waals surface area contributed by atoms with Crippen molar-refractivity contribution in [3.05, 3.63) is 29.6 Å². The molecule has 78 valence electrons. The van der Waals surface area contributed by atoms with Gasteiger partial charge in [0.2, 0.25) is 0 Å². The minimum Gasteiger partial charge on any atom is -0.388 e. The van der Waals surface area contributed by atoms with E-state index < -0.39 is 0 Å². The number of rotatable bonds is 4. The van der Waals surface area contributed by atoms with Crippen LogP contribution in [0.4, 0.5) is 0 Å². The van der Waals surface area contributed by atoms with E-state index in [-0.39, 0.29) is 6.10 Å². The van der Waals surface area contributed by atoms with Crippen molar-refractivity contribution in [3.8, 4) is 0 Å². The van der Waals surface area contributed by atoms with E-state index in [9.17, 15) is 5.11 Å². The van der Waals surface area contributed by atoms with Crippen LogP contribution in [0, 0.1) is 12.8 Å². The third-order valence-electron chi connectivity index (χ3n) is 2.63. The second kappa shape index (κ2) is 5.11. The Hall–Kier alpha value is -0.890. The largest absolute Gasteiger partial charge is 0.388 e. The van der Waals surface area contributed by atoms with Gasteiger partial charge in [0.25, 0.3) is 0 Å². The van der Waals surface area contributed by atoms with Crippen molar-refractivity contribution in [2.75, 3.05) is 0 Å². The lowest BCUT2D eigenvalue weighted by Crippen LogP contribution is -2.04. The van der Waals surface area contributed by atoms with E-state index in [1.54, 1.807) is 6.20 Å². The van der Waals surface area contributed by atoms with E-state index in [4.69, 9.17) is 0 Å². The fourth-order valence-electron chi connectivity index (χ4n) is 1.46. The minimum absolute atomic E-state index is 0.341. The number of aliphatic hydroxyl groups excluding tert-OH is 1. The Labute approximate surface area is 86.0 Å². The van der Waals surface area contributed by atoms with E-state index in [0.717, 1.165) is 24.1 Å². The predicted molar refractivity (Wildman–Crippen MR) is 58.0 cm³/mol. The lowest BCUT2D eigenvalue weighted by atomic mass is 9.97. The highest BCUT2D eigenvalue weighted by Crippen LogP contribution is 2.22. The third kappa shape index (κ3) is 3.11. The van der Waals surface area contributed by atoms with Gasteiger partial charge in [0.15, 0.2) is 0 Å². The molecule has 14 heavy (non-hydrogen) atoms. The van der Waals surface area contributed by atoms with Gasteiger partial charge in [-0.3, -0.25) is 4.98 Å². The molecule has 0 aliphatic heterocycles. The maximum atomic E-state index is 9.92. The summed E-state index contributed by atoms with van der Waals surface area (Å²) in [4.78, 5) is 4.11. The molecule has 2 atom stereocenters. The Morgan fingerprint density at radius 1 is 1.50 bits per heavy atom. The van der Waals surface area contributed by atoms with Crippen molar-refractivity contribution >= 4 is 0 Å². The van der Waals surface area contributed by atoms with Crippen molar-refractivity contribution in [2.24, 2.45) is 5.92 Å². The monoisotopic (exact) mass is 193 g/mol. The molecule has 1 rings (SSSR count). The summed E-state index contributed by atoms with van der Waals surface area (Å²) >= 11 is 0. The zero-order valence-electron chi connectivity index (χ0n) is 9.20. The van der Waals surface area contributed by atoms with Gasteiger partial charge in [-0.25, -0.2) is 0 Å². The SMILES string of the molecule is CCC(C)CC(O)c1ccnc(C)c1. The maximum absolute atomic E-state index is 9.92. The van der Waals surface area contributed by atoms with E-state index in [0.29, 0.717) is 5.92 Å². The quantitative estimate of drug-likeness (QED) is 0.797. The molecule has 1 N–H and O–H groups in total. The fraction of sp³-hybridized carbons (Fsp3) is 0.583. The van der Waals surface area contributed by atoms with Crippen molar-refractivity contribution in [3.63, 3.8) is 0 Å². The summed E-state index contributed by atoms with van der Waals surface area (Å²) in [6.07, 6.45) is 3.36. The molecular formula is C12H19NO. The molecule has 1 aromatic heterocycles. The zero-order chi connectivity index (χ0) is 10.6. The second-order valence-corrected chi connectivity index (χ2v) is 4.00. The van der Waals surface area contributed by atoms with Gasteiger partial charge in [-0.2, -0.15) is 0 Å². The molecule has 2 nitrogen and oxygen atoms in total. The number of aromatic nitrogens is 1. The molecule has 0 spiro atoms. The topological polar surface area (TPSA) is 33.1 Å². The van der Waals surface area contributed by atoms with E-state index in [1.165, 1.54) is 0 Å². The maximum Gasteiger partial charge on any atom is 0.0793 e. The summed E-state index contributed by atoms with van der Waals surface area (Å²) in [6, 6.07) is 3.84. The lowest BCUT2D eigenvalue weighted by molar-refractivity contribution is 0.146. The van der Waals surface area contributed by atoms with Crippen LogP contribution in [-0.2, 0) is 0 Å². The zero-order valence-corrected chi connectivity index (χ0v) is 9.20. The van der Waals surface area contributed by atoms with E-state index >= 15 is 0 Å². The molecule has 0 amide bonds. The molecule has 0 aliphatic rings. The van der Waals surface area contributed by atoms with Crippen LogP contribution in [0.1, 0.15) is 44.1 Å². The van der Waals surface area contributed by atoms with Gasteiger partial charge < -0.3 is 5.11 Å². The Morgan fingerprint density at radius 2 is 2.21 bits per heavy atom. The average Bonchev–Trinajstić information content (AvgIpc) is 2.17. The first-order valence-corrected chi connectivity index (χ1v) is 5.24. The van der Waals surface area contributed by atoms with Crippen LogP contribution in [0.2, 0.25) is 0 Å². The molecule has 1 heterocycles. The first kappa shape index (κ1) is 11.2. The Morgan fingerprint density at radius 3 is 2.79 bits per heavy atom. The van der Waals surface area contributed by atoms with Crippen LogP contribution in [-0.4, -0.2) is 10.1 Å². The number of aliphatic hydroxyl groups is 1. The van der Waals surface area contributed by atoms with Crippen LogP contribution in [0.25, 0.3) is 0 Å². The van der Waals surface area contributed by atoms with Crippen LogP contribution < -0.4 is 0 Å². The Balaban J connectivity index is 2.64. The number of hydrogen-bond acceptors (Lipinski definition) is 2. The highest BCUT2D eigenvalue weighted by molar-refractivity contribution is 5.17. The van der Waals surface area contributed by atoms with Gasteiger partial charge in [0.05, 0.1) is 6.10 Å². The number of aryl methyl sites for hydroxylation is 1. The predicted octanol–water partition coefficient (Wildman–Crippen LogP) is 2.86. The number of nitrogens with zero attached hydrogens (tertiary/aromatic N) is 1. The molecule has 0 bridgehead atoms. The Kier molecular flexibility index (Phi) is 4.08. The summed E-state index contributed by atoms with van der Waals surface area (Å²) in [5.74, 6) is 0.568. The number of pyridine rings is 1. The van der Waals surface area contributed by atoms with E-state index in [2.05, 4.69) is 18.8 Å². The number of hydrogen-bond donors (Lipinski definition) is 1. The van der Waals surface area contributed by atoms with Crippen LogP contribution in [0.5, 0.6) is 0 Å². The van der Waals surface area contributed by atoms with Crippen LogP contribution in [0.3, 0.4) is 0 Å². The molecular weight excluding hydrogens is 174 g/mol. The molecule has 2 heteroatoms. The Bertz CT molecular complexity index is 285. The van der Waals surface area contributed by atoms with Gasteiger partial charge in [0, 0.05) is 11.9 Å². The van der Waals surface area contributed by atoms with Crippen molar-refractivity contribution in [1.82, 2.24) is 4.98 Å². The van der Waals surface area contributed by atoms with Gasteiger partial charge in [-0.15, -0.1) is 0 Å². The van der Waals surface area contributed by atoms with Gasteiger partial charge in [-0.1, -0.05) is 20.3 Å².